The van der Waals surface area contributed by atoms with Gasteiger partial charge in [-0.25, -0.2) is 0 Å². The number of hydrogen-bond donors (Lipinski definition) is 2. The van der Waals surface area contributed by atoms with Gasteiger partial charge in [-0.1, -0.05) is 18.2 Å². The highest BCUT2D eigenvalue weighted by Crippen LogP contribution is 2.23. The Morgan fingerprint density at radius 3 is 1.96 bits per heavy atom. The van der Waals surface area contributed by atoms with Crippen molar-refractivity contribution in [2.24, 2.45) is 0 Å². The molecule has 0 aliphatic heterocycles. The number of rotatable bonds is 4. The van der Waals surface area contributed by atoms with Crippen LogP contribution < -0.4 is 10.6 Å². The third-order valence-corrected chi connectivity index (χ3v) is 3.99. The van der Waals surface area contributed by atoms with Gasteiger partial charge in [-0.15, -0.1) is 0 Å². The molecule has 0 aliphatic carbocycles. The monoisotopic (exact) mass is 320 g/mol. The Balaban J connectivity index is 1.71. The van der Waals surface area contributed by atoms with E-state index in [1.807, 2.05) is 75.4 Å². The first kappa shape index (κ1) is 15.9. The third-order valence-electron chi connectivity index (χ3n) is 3.99. The Labute approximate surface area is 141 Å². The number of benzene rings is 2. The number of furan rings is 1. The second-order valence-electron chi connectivity index (χ2n) is 5.74. The van der Waals surface area contributed by atoms with Crippen molar-refractivity contribution in [2.75, 3.05) is 10.6 Å². The van der Waals surface area contributed by atoms with Crippen molar-refractivity contribution in [2.45, 2.75) is 20.8 Å². The molecular formula is C20H20N2O2. The van der Waals surface area contributed by atoms with Crippen molar-refractivity contribution in [3.05, 3.63) is 77.2 Å². The Kier molecular flexibility index (Phi) is 4.38. The number of carbonyl (C=O) groups is 1. The summed E-state index contributed by atoms with van der Waals surface area (Å²) in [5.41, 5.74) is 4.22. The maximum absolute atomic E-state index is 12.5. The highest BCUT2D eigenvalue weighted by atomic mass is 16.3. The molecule has 2 N–H and O–H groups in total. The van der Waals surface area contributed by atoms with Crippen LogP contribution in [0.25, 0.3) is 0 Å². The Bertz CT molecular complexity index is 849. The lowest BCUT2D eigenvalue weighted by molar-refractivity contribution is 0.102. The molecule has 0 bridgehead atoms. The molecule has 0 aliphatic rings. The molecule has 0 fully saturated rings. The summed E-state index contributed by atoms with van der Waals surface area (Å²) in [6.07, 6.45) is 0. The Hall–Kier alpha value is -3.01. The van der Waals surface area contributed by atoms with Gasteiger partial charge in [0, 0.05) is 22.6 Å². The minimum atomic E-state index is -0.148. The smallest absolute Gasteiger partial charge is 0.259 e. The van der Waals surface area contributed by atoms with E-state index >= 15 is 0 Å². The molecule has 0 spiro atoms. The quantitative estimate of drug-likeness (QED) is 0.694. The van der Waals surface area contributed by atoms with Gasteiger partial charge < -0.3 is 15.1 Å². The first-order valence-corrected chi connectivity index (χ1v) is 7.84. The molecule has 3 rings (SSSR count). The molecule has 3 aromatic rings. The van der Waals surface area contributed by atoms with E-state index in [1.54, 1.807) is 0 Å². The van der Waals surface area contributed by atoms with Crippen molar-refractivity contribution in [1.82, 2.24) is 0 Å². The summed E-state index contributed by atoms with van der Waals surface area (Å²) >= 11 is 0. The fourth-order valence-electron chi connectivity index (χ4n) is 2.65. The summed E-state index contributed by atoms with van der Waals surface area (Å²) in [7, 11) is 0. The van der Waals surface area contributed by atoms with Crippen LogP contribution in [0.4, 0.5) is 17.1 Å². The average molecular weight is 320 g/mol. The van der Waals surface area contributed by atoms with Gasteiger partial charge in [0.05, 0.1) is 5.56 Å². The Morgan fingerprint density at radius 2 is 1.38 bits per heavy atom. The largest absolute Gasteiger partial charge is 0.466 e. The van der Waals surface area contributed by atoms with Gasteiger partial charge in [0.1, 0.15) is 11.5 Å². The van der Waals surface area contributed by atoms with E-state index in [4.69, 9.17) is 4.42 Å². The first-order valence-electron chi connectivity index (χ1n) is 7.84. The van der Waals surface area contributed by atoms with Crippen LogP contribution in [-0.2, 0) is 0 Å². The lowest BCUT2D eigenvalue weighted by Crippen LogP contribution is -2.13. The van der Waals surface area contributed by atoms with Crippen LogP contribution in [0.15, 0.2) is 59.0 Å². The zero-order valence-electron chi connectivity index (χ0n) is 14.0. The SMILES string of the molecule is Cc1oc(C)c(C(=O)Nc2ccc(Nc3ccccc3)cc2)c1C. The van der Waals surface area contributed by atoms with Crippen LogP contribution in [0.3, 0.4) is 0 Å². The van der Waals surface area contributed by atoms with Crippen LogP contribution in [0, 0.1) is 20.8 Å². The number of anilines is 3. The van der Waals surface area contributed by atoms with Crippen LogP contribution in [0.1, 0.15) is 27.4 Å². The predicted octanol–water partition coefficient (Wildman–Crippen LogP) is 5.20. The van der Waals surface area contributed by atoms with E-state index in [0.29, 0.717) is 11.3 Å². The third kappa shape index (κ3) is 3.33. The highest BCUT2D eigenvalue weighted by Gasteiger charge is 2.18. The number of hydrogen-bond acceptors (Lipinski definition) is 3. The van der Waals surface area contributed by atoms with Crippen molar-refractivity contribution in [3.63, 3.8) is 0 Å². The molecule has 0 unspecified atom stereocenters. The number of carbonyl (C=O) groups excluding carboxylic acids is 1. The van der Waals surface area contributed by atoms with Crippen LogP contribution in [0.2, 0.25) is 0 Å². The molecule has 1 amide bonds. The van der Waals surface area contributed by atoms with E-state index in [1.165, 1.54) is 0 Å². The van der Waals surface area contributed by atoms with Gasteiger partial charge in [0.25, 0.3) is 5.91 Å². The molecule has 4 nitrogen and oxygen atoms in total. The molecule has 1 aromatic heterocycles. The van der Waals surface area contributed by atoms with Gasteiger partial charge in [0.15, 0.2) is 0 Å². The molecule has 1 heterocycles. The van der Waals surface area contributed by atoms with E-state index < -0.39 is 0 Å². The van der Waals surface area contributed by atoms with Crippen LogP contribution in [0.5, 0.6) is 0 Å². The van der Waals surface area contributed by atoms with Gasteiger partial charge in [-0.3, -0.25) is 4.79 Å². The molecule has 0 saturated carbocycles. The minimum Gasteiger partial charge on any atom is -0.466 e. The maximum Gasteiger partial charge on any atom is 0.259 e. The molecule has 0 radical (unpaired) electrons. The fourth-order valence-corrected chi connectivity index (χ4v) is 2.65. The van der Waals surface area contributed by atoms with E-state index in [0.717, 1.165) is 28.4 Å². The fraction of sp³-hybridized carbons (Fsp3) is 0.150. The number of aryl methyl sites for hydroxylation is 2. The first-order chi connectivity index (χ1) is 11.5. The van der Waals surface area contributed by atoms with Gasteiger partial charge in [-0.05, 0) is 57.2 Å². The average Bonchev–Trinajstić information content (AvgIpc) is 2.83. The molecule has 0 saturated heterocycles. The van der Waals surface area contributed by atoms with Crippen LogP contribution in [-0.4, -0.2) is 5.91 Å². The van der Waals surface area contributed by atoms with Crippen molar-refractivity contribution in [3.8, 4) is 0 Å². The molecule has 122 valence electrons. The topological polar surface area (TPSA) is 54.3 Å². The standard InChI is InChI=1S/C20H20N2O2/c1-13-14(2)24-15(3)19(13)20(23)22-18-11-9-17(10-12-18)21-16-7-5-4-6-8-16/h4-12,21H,1-3H3,(H,22,23). The summed E-state index contributed by atoms with van der Waals surface area (Å²) in [4.78, 5) is 12.5. The summed E-state index contributed by atoms with van der Waals surface area (Å²) in [5, 5.41) is 6.23. The number of para-hydroxylation sites is 1. The summed E-state index contributed by atoms with van der Waals surface area (Å²) < 4.78 is 5.52. The van der Waals surface area contributed by atoms with E-state index in [9.17, 15) is 4.79 Å². The number of amides is 1. The van der Waals surface area contributed by atoms with Gasteiger partial charge in [-0.2, -0.15) is 0 Å². The summed E-state index contributed by atoms with van der Waals surface area (Å²) in [5.74, 6) is 1.27. The lowest BCUT2D eigenvalue weighted by atomic mass is 10.1. The second kappa shape index (κ2) is 6.62. The highest BCUT2D eigenvalue weighted by molar-refractivity contribution is 6.06. The van der Waals surface area contributed by atoms with E-state index in [-0.39, 0.29) is 5.91 Å². The molecule has 2 aromatic carbocycles. The molecular weight excluding hydrogens is 300 g/mol. The number of nitrogens with one attached hydrogen (secondary N) is 2. The van der Waals surface area contributed by atoms with Crippen molar-refractivity contribution < 1.29 is 9.21 Å². The zero-order chi connectivity index (χ0) is 17.1. The van der Waals surface area contributed by atoms with Gasteiger partial charge >= 0.3 is 0 Å². The lowest BCUT2D eigenvalue weighted by Gasteiger charge is -2.09. The van der Waals surface area contributed by atoms with Crippen molar-refractivity contribution in [1.29, 1.82) is 0 Å². The Morgan fingerprint density at radius 1 is 0.792 bits per heavy atom. The predicted molar refractivity (Wildman–Crippen MR) is 97.0 cm³/mol. The van der Waals surface area contributed by atoms with E-state index in [2.05, 4.69) is 10.6 Å². The molecule has 24 heavy (non-hydrogen) atoms. The summed E-state index contributed by atoms with van der Waals surface area (Å²) in [6, 6.07) is 17.6. The maximum atomic E-state index is 12.5. The minimum absolute atomic E-state index is 0.148. The van der Waals surface area contributed by atoms with Gasteiger partial charge in [0.2, 0.25) is 0 Å². The molecule has 0 atom stereocenters. The van der Waals surface area contributed by atoms with Crippen LogP contribution >= 0.6 is 0 Å². The summed E-state index contributed by atoms with van der Waals surface area (Å²) in [6.45, 7) is 5.57. The zero-order valence-corrected chi connectivity index (χ0v) is 14.0. The normalized spacial score (nSPS) is 10.5. The second-order valence-corrected chi connectivity index (χ2v) is 5.74. The van der Waals surface area contributed by atoms with Crippen molar-refractivity contribution >= 4 is 23.0 Å². The molecule has 4 heteroatoms.